The number of hydrogen-bond acceptors (Lipinski definition) is 5. The smallest absolute Gasteiger partial charge is 0.177 e. The molecule has 1 heterocycles. The Morgan fingerprint density at radius 1 is 1.08 bits per heavy atom. The summed E-state index contributed by atoms with van der Waals surface area (Å²) < 4.78 is 29.4. The van der Waals surface area contributed by atoms with Crippen molar-refractivity contribution in [2.75, 3.05) is 6.26 Å². The molecule has 0 atom stereocenters. The van der Waals surface area contributed by atoms with Crippen molar-refractivity contribution in [3.8, 4) is 0 Å². The third-order valence-corrected chi connectivity index (χ3v) is 3.86. The number of oxime groups is 1. The summed E-state index contributed by atoms with van der Waals surface area (Å²) in [7, 11) is -3.92. The molecule has 0 aliphatic heterocycles. The normalized spacial score (nSPS) is 11.3. The molecule has 0 fully saturated rings. The molecule has 0 aliphatic rings. The predicted molar refractivity (Wildman–Crippen MR) is 103 cm³/mol. The summed E-state index contributed by atoms with van der Waals surface area (Å²) in [6.45, 7) is 3.31. The van der Waals surface area contributed by atoms with Gasteiger partial charge >= 0.3 is 0 Å². The van der Waals surface area contributed by atoms with E-state index in [0.29, 0.717) is 6.26 Å². The lowest BCUT2D eigenvalue weighted by Gasteiger charge is -2.01. The summed E-state index contributed by atoms with van der Waals surface area (Å²) in [5.74, 6) is 0. The van der Waals surface area contributed by atoms with E-state index >= 15 is 0 Å². The molecular weight excluding hydrogens is 352 g/mol. The van der Waals surface area contributed by atoms with Crippen LogP contribution in [-0.4, -0.2) is 30.6 Å². The molecule has 1 aromatic heterocycles. The monoisotopic (exact) mass is 386 g/mol. The largest absolute Gasteiger partial charge is 0.748 e. The molecule has 0 spiro atoms. The van der Waals surface area contributed by atoms with Gasteiger partial charge in [0.15, 0.2) is 12.4 Å². The van der Waals surface area contributed by atoms with Gasteiger partial charge in [0.25, 0.3) is 0 Å². The molecule has 7 heteroatoms. The van der Waals surface area contributed by atoms with Crippen LogP contribution in [0.25, 0.3) is 0 Å². The van der Waals surface area contributed by atoms with Crippen LogP contribution in [0.3, 0.4) is 0 Å². The van der Waals surface area contributed by atoms with E-state index in [4.69, 9.17) is 18.2 Å². The zero-order valence-electron chi connectivity index (χ0n) is 16.1. The Labute approximate surface area is 158 Å². The summed E-state index contributed by atoms with van der Waals surface area (Å²) in [6.07, 6.45) is 19.8. The first-order valence-electron chi connectivity index (χ1n) is 9.44. The standard InChI is InChI=1S/C18H30N2O.CH4O3S/c1-2-3-4-5-6-7-8-9-10-11-14-20-15-12-13-18(17-20)16-19-21;1-5(2,3)4/h12-13,15-17H,2-11,14H2,1H3;1H3,(H,2,3,4). The van der Waals surface area contributed by atoms with Crippen LogP contribution >= 0.6 is 0 Å². The molecule has 0 bridgehead atoms. The molecule has 0 saturated heterocycles. The fourth-order valence-corrected chi connectivity index (χ4v) is 2.61. The molecule has 0 unspecified atom stereocenters. The topological polar surface area (TPSA) is 93.7 Å². The molecule has 26 heavy (non-hydrogen) atoms. The fraction of sp³-hybridized carbons (Fsp3) is 0.684. The van der Waals surface area contributed by atoms with Crippen LogP contribution in [0.15, 0.2) is 29.7 Å². The minimum absolute atomic E-state index is 0.604. The van der Waals surface area contributed by atoms with Crippen LogP contribution in [0.4, 0.5) is 0 Å². The Balaban J connectivity index is 0.00000110. The van der Waals surface area contributed by atoms with E-state index in [-0.39, 0.29) is 0 Å². The number of nitrogens with zero attached hydrogens (tertiary/aromatic N) is 2. The SMILES string of the molecule is CCCCCCCCCCCC[n+]1cccc(C=NO)c1.CS(=O)(=O)[O-]. The Kier molecular flexibility index (Phi) is 14.9. The summed E-state index contributed by atoms with van der Waals surface area (Å²) in [6, 6.07) is 3.93. The molecule has 0 aromatic carbocycles. The maximum Gasteiger partial charge on any atom is 0.177 e. The lowest BCUT2D eigenvalue weighted by molar-refractivity contribution is -0.697. The Hall–Kier alpha value is -1.47. The minimum Gasteiger partial charge on any atom is -0.748 e. The van der Waals surface area contributed by atoms with E-state index in [2.05, 4.69) is 22.8 Å². The highest BCUT2D eigenvalue weighted by atomic mass is 32.2. The van der Waals surface area contributed by atoms with E-state index < -0.39 is 10.1 Å². The lowest BCUT2D eigenvalue weighted by atomic mass is 10.1. The zero-order chi connectivity index (χ0) is 19.7. The number of pyridine rings is 1. The van der Waals surface area contributed by atoms with Gasteiger partial charge in [0.05, 0.1) is 21.9 Å². The second-order valence-electron chi connectivity index (χ2n) is 6.51. The summed E-state index contributed by atoms with van der Waals surface area (Å²) in [5.41, 5.74) is 0.937. The highest BCUT2D eigenvalue weighted by Gasteiger charge is 2.01. The van der Waals surface area contributed by atoms with Gasteiger partial charge in [0.1, 0.15) is 6.54 Å². The van der Waals surface area contributed by atoms with Crippen molar-refractivity contribution >= 4 is 16.3 Å². The third kappa shape index (κ3) is 18.9. The van der Waals surface area contributed by atoms with E-state index in [1.807, 2.05) is 18.3 Å². The maximum absolute atomic E-state index is 9.08. The van der Waals surface area contributed by atoms with Crippen LogP contribution < -0.4 is 4.57 Å². The van der Waals surface area contributed by atoms with Crippen LogP contribution in [0.5, 0.6) is 0 Å². The number of aromatic nitrogens is 1. The second-order valence-corrected chi connectivity index (χ2v) is 7.91. The first-order valence-corrected chi connectivity index (χ1v) is 11.3. The molecule has 1 N–H and O–H groups in total. The predicted octanol–water partition coefficient (Wildman–Crippen LogP) is 3.86. The average molecular weight is 387 g/mol. The van der Waals surface area contributed by atoms with Gasteiger partial charge in [-0.2, -0.15) is 0 Å². The van der Waals surface area contributed by atoms with E-state index in [0.717, 1.165) is 12.1 Å². The number of unbranched alkanes of at least 4 members (excludes halogenated alkanes) is 9. The van der Waals surface area contributed by atoms with Gasteiger partial charge in [-0.05, 0) is 12.5 Å². The number of hydrogen-bond donors (Lipinski definition) is 1. The molecule has 1 rings (SSSR count). The molecule has 0 saturated carbocycles. The van der Waals surface area contributed by atoms with Crippen LogP contribution in [-0.2, 0) is 16.7 Å². The van der Waals surface area contributed by atoms with E-state index in [1.165, 1.54) is 70.4 Å². The maximum atomic E-state index is 9.08. The van der Waals surface area contributed by atoms with Crippen molar-refractivity contribution in [1.29, 1.82) is 0 Å². The highest BCUT2D eigenvalue weighted by molar-refractivity contribution is 7.84. The molecule has 150 valence electrons. The van der Waals surface area contributed by atoms with Crippen LogP contribution in [0, 0.1) is 0 Å². The van der Waals surface area contributed by atoms with Crippen LogP contribution in [0.2, 0.25) is 0 Å². The van der Waals surface area contributed by atoms with Crippen molar-refractivity contribution in [2.24, 2.45) is 5.16 Å². The Morgan fingerprint density at radius 3 is 2.08 bits per heavy atom. The van der Waals surface area contributed by atoms with Crippen molar-refractivity contribution in [1.82, 2.24) is 0 Å². The Bertz CT molecular complexity index is 581. The zero-order valence-corrected chi connectivity index (χ0v) is 17.0. The number of aryl methyl sites for hydroxylation is 1. The quantitative estimate of drug-likeness (QED) is 0.147. The second kappa shape index (κ2) is 15.8. The average Bonchev–Trinajstić information content (AvgIpc) is 2.56. The minimum atomic E-state index is -3.92. The van der Waals surface area contributed by atoms with Crippen molar-refractivity contribution in [3.05, 3.63) is 30.1 Å². The van der Waals surface area contributed by atoms with Crippen molar-refractivity contribution in [2.45, 2.75) is 77.7 Å². The molecule has 6 nitrogen and oxygen atoms in total. The summed E-state index contributed by atoms with van der Waals surface area (Å²) in [4.78, 5) is 0. The van der Waals surface area contributed by atoms with Crippen molar-refractivity contribution < 1.29 is 22.7 Å². The Morgan fingerprint density at radius 2 is 1.58 bits per heavy atom. The van der Waals surface area contributed by atoms with E-state index in [9.17, 15) is 0 Å². The van der Waals surface area contributed by atoms with E-state index in [1.54, 1.807) is 0 Å². The van der Waals surface area contributed by atoms with Crippen molar-refractivity contribution in [3.63, 3.8) is 0 Å². The molecule has 1 aromatic rings. The number of rotatable bonds is 12. The molecule has 0 radical (unpaired) electrons. The van der Waals surface area contributed by atoms with Gasteiger partial charge < -0.3 is 9.76 Å². The summed E-state index contributed by atoms with van der Waals surface area (Å²) in [5, 5.41) is 11.6. The van der Waals surface area contributed by atoms with Gasteiger partial charge in [0.2, 0.25) is 0 Å². The van der Waals surface area contributed by atoms with Gasteiger partial charge in [-0.15, -0.1) is 0 Å². The summed E-state index contributed by atoms with van der Waals surface area (Å²) >= 11 is 0. The highest BCUT2D eigenvalue weighted by Crippen LogP contribution is 2.10. The first kappa shape index (κ1) is 24.5. The molecular formula is C19H34N2O4S. The van der Waals surface area contributed by atoms with Gasteiger partial charge in [-0.1, -0.05) is 63.4 Å². The lowest BCUT2D eigenvalue weighted by Crippen LogP contribution is -2.33. The third-order valence-electron chi connectivity index (χ3n) is 3.86. The van der Waals surface area contributed by atoms with Crippen LogP contribution in [0.1, 0.15) is 76.7 Å². The van der Waals surface area contributed by atoms with Gasteiger partial charge in [0, 0.05) is 18.7 Å². The molecule has 0 amide bonds. The first-order chi connectivity index (χ1) is 12.4. The fourth-order valence-electron chi connectivity index (χ4n) is 2.61. The van der Waals surface area contributed by atoms with Gasteiger partial charge in [-0.25, -0.2) is 13.0 Å². The van der Waals surface area contributed by atoms with Gasteiger partial charge in [-0.3, -0.25) is 0 Å². The molecule has 0 aliphatic carbocycles.